The van der Waals surface area contributed by atoms with Gasteiger partial charge in [-0.2, -0.15) is 0 Å². The average molecular weight is 324 g/mol. The number of benzene rings is 2. The molecule has 2 heteroatoms. The molecule has 1 fully saturated rings. The number of aliphatic hydroxyl groups is 1. The molecule has 5 atom stereocenters. The molecule has 128 valence electrons. The Bertz CT molecular complexity index is 610. The van der Waals surface area contributed by atoms with E-state index in [1.807, 2.05) is 24.3 Å². The Balaban J connectivity index is 1.92. The maximum Gasteiger partial charge on any atom is 0.0886 e. The van der Waals surface area contributed by atoms with Crippen LogP contribution >= 0.6 is 0 Å². The van der Waals surface area contributed by atoms with Crippen LogP contribution in [0.5, 0.6) is 0 Å². The number of hydrogen-bond donors (Lipinski definition) is 1. The van der Waals surface area contributed by atoms with Crippen LogP contribution in [0.1, 0.15) is 56.4 Å². The highest BCUT2D eigenvalue weighted by Crippen LogP contribution is 2.47. The van der Waals surface area contributed by atoms with E-state index in [1.54, 1.807) is 0 Å². The second kappa shape index (κ2) is 7.96. The number of ether oxygens (including phenoxy) is 1. The first-order valence-corrected chi connectivity index (χ1v) is 9.15. The van der Waals surface area contributed by atoms with Crippen LogP contribution in [-0.2, 0) is 4.74 Å². The van der Waals surface area contributed by atoms with Crippen LogP contribution in [0.2, 0.25) is 0 Å². The molecule has 0 spiro atoms. The molecule has 3 rings (SSSR count). The van der Waals surface area contributed by atoms with Gasteiger partial charge in [-0.05, 0) is 17.5 Å². The standard InChI is InChI=1S/C22H28O2/c1-3-4-15-19-20(23)16(2)21(17-11-7-5-8-12-17)24-22(19)18-13-9-6-10-14-18/h5-14,16,19-23H,3-4,15H2,1-2H3/t16-,19+,20-,21-,22-/m0/s1. The van der Waals surface area contributed by atoms with Crippen LogP contribution < -0.4 is 0 Å². The van der Waals surface area contributed by atoms with Gasteiger partial charge in [0.15, 0.2) is 0 Å². The molecule has 0 unspecified atom stereocenters. The summed E-state index contributed by atoms with van der Waals surface area (Å²) < 4.78 is 6.59. The Morgan fingerprint density at radius 2 is 1.42 bits per heavy atom. The fourth-order valence-corrected chi connectivity index (χ4v) is 3.89. The molecule has 1 aliphatic rings. The van der Waals surface area contributed by atoms with Gasteiger partial charge < -0.3 is 9.84 Å². The van der Waals surface area contributed by atoms with Gasteiger partial charge in [0.1, 0.15) is 0 Å². The first-order chi connectivity index (χ1) is 11.7. The first-order valence-electron chi connectivity index (χ1n) is 9.15. The largest absolute Gasteiger partial charge is 0.392 e. The van der Waals surface area contributed by atoms with Gasteiger partial charge >= 0.3 is 0 Å². The van der Waals surface area contributed by atoms with Crippen molar-refractivity contribution in [3.63, 3.8) is 0 Å². The smallest absolute Gasteiger partial charge is 0.0886 e. The van der Waals surface area contributed by atoms with Crippen molar-refractivity contribution in [1.82, 2.24) is 0 Å². The van der Waals surface area contributed by atoms with Gasteiger partial charge in [-0.3, -0.25) is 0 Å². The zero-order chi connectivity index (χ0) is 16.9. The predicted octanol–water partition coefficient (Wildman–Crippen LogP) is 5.30. The number of aliphatic hydroxyl groups excluding tert-OH is 1. The monoisotopic (exact) mass is 324 g/mol. The van der Waals surface area contributed by atoms with Crippen molar-refractivity contribution >= 4 is 0 Å². The van der Waals surface area contributed by atoms with Crippen molar-refractivity contribution in [2.75, 3.05) is 0 Å². The van der Waals surface area contributed by atoms with Gasteiger partial charge in [0.25, 0.3) is 0 Å². The average Bonchev–Trinajstić information content (AvgIpc) is 2.64. The summed E-state index contributed by atoms with van der Waals surface area (Å²) in [5.74, 6) is 0.247. The highest BCUT2D eigenvalue weighted by Gasteiger charge is 2.43. The maximum absolute atomic E-state index is 11.0. The number of unbranched alkanes of at least 4 members (excludes halogenated alkanes) is 1. The minimum absolute atomic E-state index is 0.0471. The zero-order valence-corrected chi connectivity index (χ0v) is 14.6. The summed E-state index contributed by atoms with van der Waals surface area (Å²) in [4.78, 5) is 0. The third-order valence-electron chi connectivity index (χ3n) is 5.28. The summed E-state index contributed by atoms with van der Waals surface area (Å²) in [6.07, 6.45) is 2.81. The Hall–Kier alpha value is -1.64. The molecule has 1 N–H and O–H groups in total. The molecule has 0 aliphatic carbocycles. The Morgan fingerprint density at radius 3 is 1.96 bits per heavy atom. The van der Waals surface area contributed by atoms with Gasteiger partial charge in [-0.15, -0.1) is 0 Å². The highest BCUT2D eigenvalue weighted by atomic mass is 16.5. The van der Waals surface area contributed by atoms with E-state index in [0.717, 1.165) is 24.8 Å². The summed E-state index contributed by atoms with van der Waals surface area (Å²) in [5, 5.41) is 11.0. The van der Waals surface area contributed by atoms with Crippen molar-refractivity contribution < 1.29 is 9.84 Å². The molecular formula is C22H28O2. The highest BCUT2D eigenvalue weighted by molar-refractivity contribution is 5.23. The van der Waals surface area contributed by atoms with E-state index in [2.05, 4.69) is 50.2 Å². The fraction of sp³-hybridized carbons (Fsp3) is 0.455. The van der Waals surface area contributed by atoms with Crippen LogP contribution in [0, 0.1) is 11.8 Å². The topological polar surface area (TPSA) is 29.5 Å². The van der Waals surface area contributed by atoms with E-state index < -0.39 is 0 Å². The maximum atomic E-state index is 11.0. The van der Waals surface area contributed by atoms with Gasteiger partial charge in [-0.1, -0.05) is 87.4 Å². The molecule has 2 aromatic rings. The molecule has 0 saturated carbocycles. The van der Waals surface area contributed by atoms with Crippen LogP contribution in [0.4, 0.5) is 0 Å². The second-order valence-electron chi connectivity index (χ2n) is 6.95. The van der Waals surface area contributed by atoms with E-state index in [9.17, 15) is 5.11 Å². The summed E-state index contributed by atoms with van der Waals surface area (Å²) in [7, 11) is 0. The van der Waals surface area contributed by atoms with E-state index in [1.165, 1.54) is 5.56 Å². The Kier molecular flexibility index (Phi) is 5.70. The minimum atomic E-state index is -0.347. The molecule has 1 aliphatic heterocycles. The SMILES string of the molecule is CCCC[C@@H]1[C@@H](O)[C@H](C)[C@@H](c2ccccc2)O[C@H]1c1ccccc1. The van der Waals surface area contributed by atoms with Crippen LogP contribution in [0.25, 0.3) is 0 Å². The molecule has 0 radical (unpaired) electrons. The van der Waals surface area contributed by atoms with Gasteiger partial charge in [0, 0.05) is 11.8 Å². The molecule has 2 nitrogen and oxygen atoms in total. The summed E-state index contributed by atoms with van der Waals surface area (Å²) in [6, 6.07) is 20.7. The lowest BCUT2D eigenvalue weighted by Gasteiger charge is -2.44. The van der Waals surface area contributed by atoms with Gasteiger partial charge in [0.2, 0.25) is 0 Å². The van der Waals surface area contributed by atoms with E-state index in [4.69, 9.17) is 4.74 Å². The summed E-state index contributed by atoms with van der Waals surface area (Å²) in [5.41, 5.74) is 2.32. The molecular weight excluding hydrogens is 296 g/mol. The van der Waals surface area contributed by atoms with Crippen LogP contribution in [-0.4, -0.2) is 11.2 Å². The third-order valence-corrected chi connectivity index (χ3v) is 5.28. The molecule has 2 aromatic carbocycles. The summed E-state index contributed by atoms with van der Waals surface area (Å²) in [6.45, 7) is 4.31. The molecule has 1 heterocycles. The van der Waals surface area contributed by atoms with Crippen molar-refractivity contribution in [2.24, 2.45) is 11.8 Å². The van der Waals surface area contributed by atoms with E-state index in [0.29, 0.717) is 0 Å². The number of hydrogen-bond acceptors (Lipinski definition) is 2. The Morgan fingerprint density at radius 1 is 0.875 bits per heavy atom. The van der Waals surface area contributed by atoms with Crippen molar-refractivity contribution in [3.05, 3.63) is 71.8 Å². The minimum Gasteiger partial charge on any atom is -0.392 e. The molecule has 1 saturated heterocycles. The predicted molar refractivity (Wildman–Crippen MR) is 97.6 cm³/mol. The zero-order valence-electron chi connectivity index (χ0n) is 14.6. The lowest BCUT2D eigenvalue weighted by Crippen LogP contribution is -2.42. The van der Waals surface area contributed by atoms with E-state index >= 15 is 0 Å². The third kappa shape index (κ3) is 3.55. The fourth-order valence-electron chi connectivity index (χ4n) is 3.89. The molecule has 0 amide bonds. The van der Waals surface area contributed by atoms with Crippen molar-refractivity contribution in [1.29, 1.82) is 0 Å². The number of rotatable bonds is 5. The Labute approximate surface area is 145 Å². The molecule has 24 heavy (non-hydrogen) atoms. The van der Waals surface area contributed by atoms with E-state index in [-0.39, 0.29) is 30.1 Å². The van der Waals surface area contributed by atoms with Gasteiger partial charge in [-0.25, -0.2) is 0 Å². The molecule has 0 bridgehead atoms. The summed E-state index contributed by atoms with van der Waals surface area (Å²) >= 11 is 0. The second-order valence-corrected chi connectivity index (χ2v) is 6.95. The lowest BCUT2D eigenvalue weighted by atomic mass is 9.76. The molecule has 0 aromatic heterocycles. The lowest BCUT2D eigenvalue weighted by molar-refractivity contribution is -0.175. The van der Waals surface area contributed by atoms with Crippen LogP contribution in [0.3, 0.4) is 0 Å². The van der Waals surface area contributed by atoms with Gasteiger partial charge in [0.05, 0.1) is 18.3 Å². The van der Waals surface area contributed by atoms with Crippen molar-refractivity contribution in [2.45, 2.75) is 51.4 Å². The van der Waals surface area contributed by atoms with Crippen LogP contribution in [0.15, 0.2) is 60.7 Å². The van der Waals surface area contributed by atoms with Crippen molar-refractivity contribution in [3.8, 4) is 0 Å². The first kappa shape index (κ1) is 17.2. The normalized spacial score (nSPS) is 30.2. The quantitative estimate of drug-likeness (QED) is 0.808.